The third kappa shape index (κ3) is 3.01. The molecule has 1 amide bonds. The Morgan fingerprint density at radius 1 is 1.08 bits per heavy atom. The standard InChI is InChI=1S/C20H23N3O3/c1-21-9-5-8-17(18(21)24)13-22-10-11-23-19(25)26-15-20(23,14-22)12-16-6-3-2-4-7-16/h2-9H,10-15H2,1H3. The zero-order chi connectivity index (χ0) is 18.1. The van der Waals surface area contributed by atoms with Crippen LogP contribution in [-0.2, 0) is 24.8 Å². The first-order valence-electron chi connectivity index (χ1n) is 8.93. The Hall–Kier alpha value is -2.60. The molecule has 1 aromatic heterocycles. The minimum absolute atomic E-state index is 0.0331. The minimum Gasteiger partial charge on any atom is -0.447 e. The number of piperazine rings is 1. The number of hydrogen-bond donors (Lipinski definition) is 0. The predicted octanol–water partition coefficient (Wildman–Crippen LogP) is 1.63. The van der Waals surface area contributed by atoms with Gasteiger partial charge in [0.15, 0.2) is 0 Å². The van der Waals surface area contributed by atoms with Crippen LogP contribution >= 0.6 is 0 Å². The predicted molar refractivity (Wildman–Crippen MR) is 97.9 cm³/mol. The molecule has 0 aliphatic carbocycles. The van der Waals surface area contributed by atoms with Crippen LogP contribution in [0.1, 0.15) is 11.1 Å². The first kappa shape index (κ1) is 16.8. The largest absolute Gasteiger partial charge is 0.447 e. The van der Waals surface area contributed by atoms with Crippen LogP contribution in [0.15, 0.2) is 53.5 Å². The van der Waals surface area contributed by atoms with Gasteiger partial charge in [0, 0.05) is 51.4 Å². The number of hydrogen-bond acceptors (Lipinski definition) is 4. The van der Waals surface area contributed by atoms with Crippen molar-refractivity contribution < 1.29 is 9.53 Å². The Morgan fingerprint density at radius 3 is 2.69 bits per heavy atom. The van der Waals surface area contributed by atoms with Crippen molar-refractivity contribution in [2.45, 2.75) is 18.5 Å². The molecule has 0 spiro atoms. The zero-order valence-corrected chi connectivity index (χ0v) is 14.9. The topological polar surface area (TPSA) is 54.8 Å². The number of ether oxygens (including phenoxy) is 1. The van der Waals surface area contributed by atoms with Gasteiger partial charge >= 0.3 is 6.09 Å². The molecule has 1 atom stereocenters. The van der Waals surface area contributed by atoms with E-state index in [1.807, 2.05) is 35.2 Å². The summed E-state index contributed by atoms with van der Waals surface area (Å²) in [7, 11) is 1.77. The Balaban J connectivity index is 1.58. The van der Waals surface area contributed by atoms with E-state index < -0.39 is 0 Å². The van der Waals surface area contributed by atoms with Crippen LogP contribution in [0.25, 0.3) is 0 Å². The molecule has 136 valence electrons. The van der Waals surface area contributed by atoms with Crippen molar-refractivity contribution >= 4 is 6.09 Å². The minimum atomic E-state index is -0.364. The molecule has 0 radical (unpaired) electrons. The van der Waals surface area contributed by atoms with Gasteiger partial charge in [0.2, 0.25) is 0 Å². The maximum absolute atomic E-state index is 12.3. The maximum atomic E-state index is 12.3. The first-order valence-corrected chi connectivity index (χ1v) is 8.93. The summed E-state index contributed by atoms with van der Waals surface area (Å²) in [6, 6.07) is 14.0. The third-order valence-corrected chi connectivity index (χ3v) is 5.39. The fourth-order valence-electron chi connectivity index (χ4n) is 4.07. The number of carbonyl (C=O) groups is 1. The van der Waals surface area contributed by atoms with Gasteiger partial charge in [-0.3, -0.25) is 14.6 Å². The van der Waals surface area contributed by atoms with Crippen LogP contribution in [0.2, 0.25) is 0 Å². The van der Waals surface area contributed by atoms with Gasteiger partial charge in [-0.2, -0.15) is 0 Å². The van der Waals surface area contributed by atoms with E-state index in [0.29, 0.717) is 26.2 Å². The molecule has 2 saturated heterocycles. The molecule has 6 nitrogen and oxygen atoms in total. The summed E-state index contributed by atoms with van der Waals surface area (Å²) in [6.45, 7) is 3.05. The van der Waals surface area contributed by atoms with Gasteiger partial charge in [0.05, 0.1) is 5.54 Å². The maximum Gasteiger partial charge on any atom is 0.410 e. The zero-order valence-electron chi connectivity index (χ0n) is 14.9. The number of fused-ring (bicyclic) bond motifs is 1. The number of benzene rings is 1. The lowest BCUT2D eigenvalue weighted by Gasteiger charge is -2.44. The van der Waals surface area contributed by atoms with Crippen molar-refractivity contribution in [1.82, 2.24) is 14.4 Å². The molecule has 26 heavy (non-hydrogen) atoms. The second-order valence-corrected chi connectivity index (χ2v) is 7.25. The molecule has 0 saturated carbocycles. The van der Waals surface area contributed by atoms with Gasteiger partial charge in [0.25, 0.3) is 5.56 Å². The first-order chi connectivity index (χ1) is 12.6. The Labute approximate surface area is 152 Å². The molecule has 2 aromatic rings. The molecular weight excluding hydrogens is 330 g/mol. The van der Waals surface area contributed by atoms with Crippen molar-refractivity contribution in [3.05, 3.63) is 70.1 Å². The fourth-order valence-corrected chi connectivity index (χ4v) is 4.07. The van der Waals surface area contributed by atoms with Gasteiger partial charge in [-0.25, -0.2) is 4.79 Å². The summed E-state index contributed by atoms with van der Waals surface area (Å²) >= 11 is 0. The number of carbonyl (C=O) groups excluding carboxylic acids is 1. The number of nitrogens with zero attached hydrogens (tertiary/aromatic N) is 3. The highest BCUT2D eigenvalue weighted by molar-refractivity contribution is 5.71. The van der Waals surface area contributed by atoms with Crippen molar-refractivity contribution in [3.8, 4) is 0 Å². The van der Waals surface area contributed by atoms with E-state index >= 15 is 0 Å². The summed E-state index contributed by atoms with van der Waals surface area (Å²) in [6.07, 6.45) is 2.30. The Bertz CT molecular complexity index is 864. The number of aryl methyl sites for hydroxylation is 1. The summed E-state index contributed by atoms with van der Waals surface area (Å²) in [5.41, 5.74) is 1.64. The Morgan fingerprint density at radius 2 is 1.88 bits per heavy atom. The van der Waals surface area contributed by atoms with Crippen molar-refractivity contribution in [2.24, 2.45) is 7.05 Å². The van der Waals surface area contributed by atoms with Crippen LogP contribution in [-0.4, -0.2) is 52.2 Å². The summed E-state index contributed by atoms with van der Waals surface area (Å²) < 4.78 is 7.02. The van der Waals surface area contributed by atoms with E-state index in [4.69, 9.17) is 4.74 Å². The van der Waals surface area contributed by atoms with Gasteiger partial charge in [-0.15, -0.1) is 0 Å². The molecule has 3 heterocycles. The smallest absolute Gasteiger partial charge is 0.410 e. The number of pyridine rings is 1. The van der Waals surface area contributed by atoms with E-state index in [9.17, 15) is 9.59 Å². The monoisotopic (exact) mass is 353 g/mol. The molecule has 6 heteroatoms. The fraction of sp³-hybridized carbons (Fsp3) is 0.400. The van der Waals surface area contributed by atoms with Crippen LogP contribution < -0.4 is 5.56 Å². The van der Waals surface area contributed by atoms with Crippen LogP contribution in [0.5, 0.6) is 0 Å². The van der Waals surface area contributed by atoms with Gasteiger partial charge in [0.1, 0.15) is 6.61 Å². The SMILES string of the molecule is Cn1cccc(CN2CCN3C(=O)OCC3(Cc3ccccc3)C2)c1=O. The van der Waals surface area contributed by atoms with Crippen molar-refractivity contribution in [1.29, 1.82) is 0 Å². The molecule has 0 bridgehead atoms. The second kappa shape index (κ2) is 6.61. The lowest BCUT2D eigenvalue weighted by Crippen LogP contribution is -2.62. The number of amides is 1. The Kier molecular flexibility index (Phi) is 4.28. The van der Waals surface area contributed by atoms with Gasteiger partial charge < -0.3 is 9.30 Å². The highest BCUT2D eigenvalue weighted by Gasteiger charge is 2.50. The van der Waals surface area contributed by atoms with E-state index in [1.54, 1.807) is 17.8 Å². The van der Waals surface area contributed by atoms with E-state index in [1.165, 1.54) is 5.56 Å². The molecule has 2 aliphatic rings. The molecular formula is C20H23N3O3. The van der Waals surface area contributed by atoms with Crippen LogP contribution in [0.4, 0.5) is 4.79 Å². The molecule has 1 aromatic carbocycles. The average molecular weight is 353 g/mol. The molecule has 2 aliphatic heterocycles. The average Bonchev–Trinajstić information content (AvgIpc) is 2.96. The molecule has 0 N–H and O–H groups in total. The number of rotatable bonds is 4. The third-order valence-electron chi connectivity index (χ3n) is 5.39. The van der Waals surface area contributed by atoms with Crippen molar-refractivity contribution in [3.63, 3.8) is 0 Å². The normalized spacial score (nSPS) is 23.0. The summed E-state index contributed by atoms with van der Waals surface area (Å²) in [5.74, 6) is 0. The van der Waals surface area contributed by atoms with Gasteiger partial charge in [-0.05, 0) is 11.6 Å². The summed E-state index contributed by atoms with van der Waals surface area (Å²) in [4.78, 5) is 28.7. The molecule has 1 unspecified atom stereocenters. The molecule has 4 rings (SSSR count). The second-order valence-electron chi connectivity index (χ2n) is 7.25. The van der Waals surface area contributed by atoms with Crippen molar-refractivity contribution in [2.75, 3.05) is 26.2 Å². The highest BCUT2D eigenvalue weighted by Crippen LogP contribution is 2.32. The van der Waals surface area contributed by atoms with Gasteiger partial charge in [-0.1, -0.05) is 36.4 Å². The highest BCUT2D eigenvalue weighted by atomic mass is 16.6. The quantitative estimate of drug-likeness (QED) is 0.838. The lowest BCUT2D eigenvalue weighted by atomic mass is 9.88. The number of aromatic nitrogens is 1. The van der Waals surface area contributed by atoms with Crippen LogP contribution in [0, 0.1) is 0 Å². The van der Waals surface area contributed by atoms with E-state index in [2.05, 4.69) is 17.0 Å². The van der Waals surface area contributed by atoms with E-state index in [0.717, 1.165) is 18.5 Å². The lowest BCUT2D eigenvalue weighted by molar-refractivity contribution is 0.0474. The molecule has 2 fully saturated rings. The van der Waals surface area contributed by atoms with E-state index in [-0.39, 0.29) is 17.2 Å². The number of cyclic esters (lactones) is 1. The van der Waals surface area contributed by atoms with Crippen LogP contribution in [0.3, 0.4) is 0 Å². The summed E-state index contributed by atoms with van der Waals surface area (Å²) in [5, 5.41) is 0.